The maximum atomic E-state index is 12.2. The van der Waals surface area contributed by atoms with Crippen molar-refractivity contribution in [2.24, 2.45) is 0 Å². The zero-order valence-corrected chi connectivity index (χ0v) is 9.43. The molecule has 0 unspecified atom stereocenters. The highest BCUT2D eigenvalue weighted by Crippen LogP contribution is 2.20. The van der Waals surface area contributed by atoms with Crippen molar-refractivity contribution in [1.82, 2.24) is 4.90 Å². The number of furan rings is 1. The lowest BCUT2D eigenvalue weighted by atomic mass is 9.99. The Kier molecular flexibility index (Phi) is 2.44. The van der Waals surface area contributed by atoms with Gasteiger partial charge in [0.15, 0.2) is 0 Å². The minimum atomic E-state index is 0.119. The topological polar surface area (TPSA) is 33.5 Å². The van der Waals surface area contributed by atoms with Gasteiger partial charge in [-0.25, -0.2) is 0 Å². The number of amides is 1. The summed E-state index contributed by atoms with van der Waals surface area (Å²) in [5.74, 6) is 0.119. The Bertz CT molecular complexity index is 531. The van der Waals surface area contributed by atoms with Gasteiger partial charge < -0.3 is 9.32 Å². The fraction of sp³-hybridized carbons (Fsp3) is 0.214. The third kappa shape index (κ3) is 1.84. The van der Waals surface area contributed by atoms with Gasteiger partial charge >= 0.3 is 0 Å². The number of fused-ring (bicyclic) bond motifs is 1. The van der Waals surface area contributed by atoms with Crippen LogP contribution in [0.15, 0.2) is 47.3 Å². The molecule has 1 amide bonds. The Morgan fingerprint density at radius 1 is 1.24 bits per heavy atom. The van der Waals surface area contributed by atoms with Crippen LogP contribution < -0.4 is 0 Å². The van der Waals surface area contributed by atoms with E-state index in [2.05, 4.69) is 0 Å². The zero-order valence-electron chi connectivity index (χ0n) is 9.43. The van der Waals surface area contributed by atoms with E-state index < -0.39 is 0 Å². The summed E-state index contributed by atoms with van der Waals surface area (Å²) in [5, 5.41) is 0. The van der Waals surface area contributed by atoms with Crippen molar-refractivity contribution in [2.75, 3.05) is 6.54 Å². The van der Waals surface area contributed by atoms with Gasteiger partial charge in [-0.05, 0) is 24.1 Å². The summed E-state index contributed by atoms with van der Waals surface area (Å²) in [6.07, 6.45) is 4.26. The summed E-state index contributed by atoms with van der Waals surface area (Å²) in [7, 11) is 0. The molecule has 17 heavy (non-hydrogen) atoms. The predicted molar refractivity (Wildman–Crippen MR) is 63.6 cm³/mol. The van der Waals surface area contributed by atoms with Crippen LogP contribution in [-0.2, 0) is 13.0 Å². The molecule has 2 heterocycles. The molecule has 0 aliphatic carbocycles. The van der Waals surface area contributed by atoms with E-state index >= 15 is 0 Å². The molecule has 1 aromatic carbocycles. The Labute approximate surface area is 99.7 Å². The van der Waals surface area contributed by atoms with Gasteiger partial charge in [0.05, 0.1) is 12.5 Å². The Hall–Kier alpha value is -2.03. The van der Waals surface area contributed by atoms with E-state index in [1.165, 1.54) is 0 Å². The van der Waals surface area contributed by atoms with Crippen molar-refractivity contribution in [2.45, 2.75) is 13.0 Å². The molecule has 1 aliphatic rings. The van der Waals surface area contributed by atoms with Crippen LogP contribution in [0, 0.1) is 0 Å². The number of hydrogen-bond donors (Lipinski definition) is 0. The maximum absolute atomic E-state index is 12.2. The second-order valence-electron chi connectivity index (χ2n) is 4.27. The van der Waals surface area contributed by atoms with Gasteiger partial charge in [-0.2, -0.15) is 0 Å². The van der Waals surface area contributed by atoms with Crippen LogP contribution in [0.25, 0.3) is 0 Å². The molecule has 0 saturated heterocycles. The average molecular weight is 227 g/mol. The van der Waals surface area contributed by atoms with Crippen LogP contribution in [0.1, 0.15) is 21.5 Å². The summed E-state index contributed by atoms with van der Waals surface area (Å²) in [6, 6.07) is 9.73. The van der Waals surface area contributed by atoms with E-state index in [4.69, 9.17) is 4.42 Å². The summed E-state index contributed by atoms with van der Waals surface area (Å²) in [4.78, 5) is 14.1. The molecule has 86 valence electrons. The average Bonchev–Trinajstić information content (AvgIpc) is 2.86. The monoisotopic (exact) mass is 227 g/mol. The van der Waals surface area contributed by atoms with Gasteiger partial charge in [-0.1, -0.05) is 18.2 Å². The number of hydrogen-bond acceptors (Lipinski definition) is 2. The number of carbonyl (C=O) groups is 1. The van der Waals surface area contributed by atoms with Crippen molar-refractivity contribution in [3.05, 3.63) is 59.5 Å². The first-order valence-corrected chi connectivity index (χ1v) is 5.73. The van der Waals surface area contributed by atoms with E-state index in [1.807, 2.05) is 35.2 Å². The van der Waals surface area contributed by atoms with Crippen LogP contribution in [0.3, 0.4) is 0 Å². The first-order valence-electron chi connectivity index (χ1n) is 5.73. The normalized spacial score (nSPS) is 14.8. The third-order valence-corrected chi connectivity index (χ3v) is 3.14. The van der Waals surface area contributed by atoms with Crippen LogP contribution in [0.4, 0.5) is 0 Å². The zero-order chi connectivity index (χ0) is 11.7. The number of rotatable bonds is 2. The summed E-state index contributed by atoms with van der Waals surface area (Å²) < 4.78 is 5.02. The molecular weight excluding hydrogens is 214 g/mol. The highest BCUT2D eigenvalue weighted by Gasteiger charge is 2.23. The molecule has 0 N–H and O–H groups in total. The molecule has 3 rings (SSSR count). The maximum Gasteiger partial charge on any atom is 0.254 e. The van der Waals surface area contributed by atoms with Crippen molar-refractivity contribution < 1.29 is 9.21 Å². The van der Waals surface area contributed by atoms with Crippen LogP contribution in [0.2, 0.25) is 0 Å². The number of nitrogens with zero attached hydrogens (tertiary/aromatic N) is 1. The van der Waals surface area contributed by atoms with Crippen molar-refractivity contribution in [3.8, 4) is 0 Å². The quantitative estimate of drug-likeness (QED) is 0.789. The molecule has 1 aromatic heterocycles. The van der Waals surface area contributed by atoms with Gasteiger partial charge in [-0.15, -0.1) is 0 Å². The fourth-order valence-electron chi connectivity index (χ4n) is 2.23. The molecule has 1 aliphatic heterocycles. The standard InChI is InChI=1S/C14H13NO2/c16-14-13-4-2-1-3-12(13)5-7-15(14)9-11-6-8-17-10-11/h1-4,6,8,10H,5,7,9H2. The lowest BCUT2D eigenvalue weighted by Crippen LogP contribution is -2.36. The fourth-order valence-corrected chi connectivity index (χ4v) is 2.23. The van der Waals surface area contributed by atoms with E-state index in [0.29, 0.717) is 6.54 Å². The molecule has 3 heteroatoms. The molecule has 3 nitrogen and oxygen atoms in total. The van der Waals surface area contributed by atoms with E-state index in [0.717, 1.165) is 29.7 Å². The second kappa shape index (κ2) is 4.09. The highest BCUT2D eigenvalue weighted by atomic mass is 16.3. The predicted octanol–water partition coefficient (Wildman–Crippen LogP) is 2.48. The summed E-state index contributed by atoms with van der Waals surface area (Å²) in [5.41, 5.74) is 3.03. The first-order chi connectivity index (χ1) is 8.34. The summed E-state index contributed by atoms with van der Waals surface area (Å²) >= 11 is 0. The third-order valence-electron chi connectivity index (χ3n) is 3.14. The van der Waals surface area contributed by atoms with E-state index in [1.54, 1.807) is 12.5 Å². The molecule has 0 spiro atoms. The number of carbonyl (C=O) groups excluding carboxylic acids is 1. The first kappa shape index (κ1) is 10.1. The van der Waals surface area contributed by atoms with Gasteiger partial charge in [-0.3, -0.25) is 4.79 Å². The van der Waals surface area contributed by atoms with E-state index in [-0.39, 0.29) is 5.91 Å². The molecule has 0 saturated carbocycles. The van der Waals surface area contributed by atoms with E-state index in [9.17, 15) is 4.79 Å². The van der Waals surface area contributed by atoms with Crippen molar-refractivity contribution >= 4 is 5.91 Å². The van der Waals surface area contributed by atoms with Gasteiger partial charge in [0.1, 0.15) is 0 Å². The van der Waals surface area contributed by atoms with Gasteiger partial charge in [0.25, 0.3) is 5.91 Å². The molecule has 0 radical (unpaired) electrons. The Morgan fingerprint density at radius 3 is 2.94 bits per heavy atom. The molecule has 0 bridgehead atoms. The molecule has 0 fully saturated rings. The summed E-state index contributed by atoms with van der Waals surface area (Å²) in [6.45, 7) is 1.41. The Morgan fingerprint density at radius 2 is 2.12 bits per heavy atom. The SMILES string of the molecule is O=C1c2ccccc2CCN1Cc1ccoc1. The van der Waals surface area contributed by atoms with Crippen molar-refractivity contribution in [1.29, 1.82) is 0 Å². The van der Waals surface area contributed by atoms with Crippen molar-refractivity contribution in [3.63, 3.8) is 0 Å². The van der Waals surface area contributed by atoms with Crippen LogP contribution in [-0.4, -0.2) is 17.4 Å². The largest absolute Gasteiger partial charge is 0.472 e. The molecular formula is C14H13NO2. The lowest BCUT2D eigenvalue weighted by Gasteiger charge is -2.28. The lowest BCUT2D eigenvalue weighted by molar-refractivity contribution is 0.0727. The molecule has 2 aromatic rings. The van der Waals surface area contributed by atoms with Gasteiger partial charge in [0, 0.05) is 24.2 Å². The van der Waals surface area contributed by atoms with Crippen LogP contribution >= 0.6 is 0 Å². The van der Waals surface area contributed by atoms with Gasteiger partial charge in [0.2, 0.25) is 0 Å². The minimum Gasteiger partial charge on any atom is -0.472 e. The number of benzene rings is 1. The highest BCUT2D eigenvalue weighted by molar-refractivity contribution is 5.96. The van der Waals surface area contributed by atoms with Crippen LogP contribution in [0.5, 0.6) is 0 Å². The smallest absolute Gasteiger partial charge is 0.254 e. The second-order valence-corrected chi connectivity index (χ2v) is 4.27. The Balaban J connectivity index is 1.84. The molecule has 0 atom stereocenters. The minimum absolute atomic E-state index is 0.119.